The van der Waals surface area contributed by atoms with E-state index >= 15 is 0 Å². The third kappa shape index (κ3) is 2.73. The molecule has 1 fully saturated rings. The van der Waals surface area contributed by atoms with Gasteiger partial charge in [-0.1, -0.05) is 12.1 Å². The minimum absolute atomic E-state index is 0.178. The highest BCUT2D eigenvalue weighted by Gasteiger charge is 2.40. The zero-order valence-corrected chi connectivity index (χ0v) is 9.93. The molecule has 0 amide bonds. The normalized spacial score (nSPS) is 17.0. The molecule has 1 aliphatic rings. The SMILES string of the molecule is CC(C)(Nc1ccccc1C(F)(F)F)C1CC1. The van der Waals surface area contributed by atoms with Crippen molar-refractivity contribution in [2.24, 2.45) is 5.92 Å². The van der Waals surface area contributed by atoms with Gasteiger partial charge in [-0.15, -0.1) is 0 Å². The maximum atomic E-state index is 12.8. The first kappa shape index (κ1) is 12.3. The molecule has 1 saturated carbocycles. The van der Waals surface area contributed by atoms with Gasteiger partial charge < -0.3 is 5.32 Å². The van der Waals surface area contributed by atoms with Crippen LogP contribution in [0.15, 0.2) is 24.3 Å². The zero-order chi connectivity index (χ0) is 12.7. The summed E-state index contributed by atoms with van der Waals surface area (Å²) in [5.41, 5.74) is -0.688. The van der Waals surface area contributed by atoms with Crippen molar-refractivity contribution in [3.63, 3.8) is 0 Å². The minimum atomic E-state index is -4.30. The molecule has 1 aliphatic carbocycles. The predicted molar refractivity (Wildman–Crippen MR) is 61.9 cm³/mol. The van der Waals surface area contributed by atoms with Crippen LogP contribution >= 0.6 is 0 Å². The van der Waals surface area contributed by atoms with Gasteiger partial charge in [0.05, 0.1) is 5.56 Å². The van der Waals surface area contributed by atoms with E-state index in [9.17, 15) is 13.2 Å². The Morgan fingerprint density at radius 3 is 2.24 bits per heavy atom. The lowest BCUT2D eigenvalue weighted by Gasteiger charge is -2.29. The Hall–Kier alpha value is -1.19. The van der Waals surface area contributed by atoms with Crippen molar-refractivity contribution in [3.8, 4) is 0 Å². The first-order valence-electron chi connectivity index (χ1n) is 5.75. The molecule has 0 atom stereocenters. The number of halogens is 3. The monoisotopic (exact) mass is 243 g/mol. The quantitative estimate of drug-likeness (QED) is 0.834. The van der Waals surface area contributed by atoms with E-state index in [-0.39, 0.29) is 11.2 Å². The third-order valence-electron chi connectivity index (χ3n) is 3.29. The number of hydrogen-bond acceptors (Lipinski definition) is 1. The highest BCUT2D eigenvalue weighted by atomic mass is 19.4. The van der Waals surface area contributed by atoms with Crippen LogP contribution in [0.5, 0.6) is 0 Å². The Bertz CT molecular complexity index is 405. The molecule has 1 nitrogen and oxygen atoms in total. The van der Waals surface area contributed by atoms with Gasteiger partial charge >= 0.3 is 6.18 Å². The summed E-state index contributed by atoms with van der Waals surface area (Å²) in [4.78, 5) is 0. The Morgan fingerprint density at radius 1 is 1.12 bits per heavy atom. The van der Waals surface area contributed by atoms with Gasteiger partial charge in [0.25, 0.3) is 0 Å². The fourth-order valence-electron chi connectivity index (χ4n) is 2.09. The van der Waals surface area contributed by atoms with Crippen LogP contribution in [0.3, 0.4) is 0 Å². The van der Waals surface area contributed by atoms with Crippen LogP contribution in [0.25, 0.3) is 0 Å². The van der Waals surface area contributed by atoms with Crippen molar-refractivity contribution < 1.29 is 13.2 Å². The van der Waals surface area contributed by atoms with Crippen LogP contribution in [-0.4, -0.2) is 5.54 Å². The second-order valence-corrected chi connectivity index (χ2v) is 5.16. The van der Waals surface area contributed by atoms with E-state index in [1.54, 1.807) is 6.07 Å². The van der Waals surface area contributed by atoms with Crippen molar-refractivity contribution >= 4 is 5.69 Å². The number of benzene rings is 1. The molecule has 0 bridgehead atoms. The highest BCUT2D eigenvalue weighted by Crippen LogP contribution is 2.43. The highest BCUT2D eigenvalue weighted by molar-refractivity contribution is 5.54. The first-order valence-corrected chi connectivity index (χ1v) is 5.75. The molecule has 94 valence electrons. The molecular formula is C13H16F3N. The van der Waals surface area contributed by atoms with E-state index in [0.29, 0.717) is 5.92 Å². The van der Waals surface area contributed by atoms with E-state index in [4.69, 9.17) is 0 Å². The summed E-state index contributed by atoms with van der Waals surface area (Å²) in [5.74, 6) is 0.476. The van der Waals surface area contributed by atoms with Gasteiger partial charge in [0, 0.05) is 11.2 Å². The molecule has 1 aromatic carbocycles. The van der Waals surface area contributed by atoms with E-state index in [1.807, 2.05) is 13.8 Å². The molecule has 0 heterocycles. The summed E-state index contributed by atoms with van der Waals surface area (Å²) >= 11 is 0. The second-order valence-electron chi connectivity index (χ2n) is 5.16. The number of anilines is 1. The van der Waals surface area contributed by atoms with Crippen LogP contribution in [-0.2, 0) is 6.18 Å². The topological polar surface area (TPSA) is 12.0 Å². The van der Waals surface area contributed by atoms with Gasteiger partial charge in [-0.3, -0.25) is 0 Å². The number of para-hydroxylation sites is 1. The molecule has 1 aromatic rings. The molecule has 0 saturated heterocycles. The molecule has 1 N–H and O–H groups in total. The van der Waals surface area contributed by atoms with Crippen LogP contribution in [0.4, 0.5) is 18.9 Å². The first-order chi connectivity index (χ1) is 7.81. The average molecular weight is 243 g/mol. The van der Waals surface area contributed by atoms with Gasteiger partial charge in [-0.05, 0) is 44.7 Å². The molecular weight excluding hydrogens is 227 g/mol. The third-order valence-corrected chi connectivity index (χ3v) is 3.29. The van der Waals surface area contributed by atoms with Gasteiger partial charge in [-0.2, -0.15) is 13.2 Å². The van der Waals surface area contributed by atoms with Crippen molar-refractivity contribution in [1.82, 2.24) is 0 Å². The maximum Gasteiger partial charge on any atom is 0.418 e. The molecule has 0 radical (unpaired) electrons. The summed E-state index contributed by atoms with van der Waals surface area (Å²) in [6, 6.07) is 5.65. The van der Waals surface area contributed by atoms with Crippen LogP contribution < -0.4 is 5.32 Å². The molecule has 4 heteroatoms. The van der Waals surface area contributed by atoms with Crippen molar-refractivity contribution in [3.05, 3.63) is 29.8 Å². The lowest BCUT2D eigenvalue weighted by molar-refractivity contribution is -0.137. The van der Waals surface area contributed by atoms with Crippen LogP contribution in [0.1, 0.15) is 32.3 Å². The summed E-state index contributed by atoms with van der Waals surface area (Å²) < 4.78 is 38.4. The molecule has 2 rings (SSSR count). The largest absolute Gasteiger partial charge is 0.418 e. The zero-order valence-electron chi connectivity index (χ0n) is 9.93. The van der Waals surface area contributed by atoms with E-state index in [1.165, 1.54) is 12.1 Å². The average Bonchev–Trinajstić information content (AvgIpc) is 2.99. The molecule has 0 unspecified atom stereocenters. The predicted octanol–water partition coefficient (Wildman–Crippen LogP) is 4.31. The fraction of sp³-hybridized carbons (Fsp3) is 0.538. The minimum Gasteiger partial charge on any atom is -0.379 e. The Morgan fingerprint density at radius 2 is 1.71 bits per heavy atom. The van der Waals surface area contributed by atoms with Crippen LogP contribution in [0, 0.1) is 5.92 Å². The lowest BCUT2D eigenvalue weighted by atomic mass is 9.97. The molecule has 0 aliphatic heterocycles. The van der Waals surface area contributed by atoms with E-state index < -0.39 is 11.7 Å². The standard InChI is InChI=1S/C13H16F3N/c1-12(2,9-7-8-9)17-11-6-4-3-5-10(11)13(14,15)16/h3-6,9,17H,7-8H2,1-2H3. The van der Waals surface area contributed by atoms with E-state index in [2.05, 4.69) is 5.32 Å². The van der Waals surface area contributed by atoms with Crippen molar-refractivity contribution in [1.29, 1.82) is 0 Å². The lowest BCUT2D eigenvalue weighted by Crippen LogP contribution is -2.34. The van der Waals surface area contributed by atoms with Gasteiger partial charge in [0.1, 0.15) is 0 Å². The molecule has 0 spiro atoms. The van der Waals surface area contributed by atoms with Crippen molar-refractivity contribution in [2.45, 2.75) is 38.4 Å². The van der Waals surface area contributed by atoms with Gasteiger partial charge in [0.2, 0.25) is 0 Å². The summed E-state index contributed by atoms with van der Waals surface area (Å²) in [6.07, 6.45) is -2.12. The Labute approximate surface area is 99.0 Å². The smallest absolute Gasteiger partial charge is 0.379 e. The van der Waals surface area contributed by atoms with Gasteiger partial charge in [-0.25, -0.2) is 0 Å². The Balaban J connectivity index is 2.26. The number of alkyl halides is 3. The summed E-state index contributed by atoms with van der Waals surface area (Å²) in [6.45, 7) is 3.91. The second kappa shape index (κ2) is 3.93. The number of rotatable bonds is 3. The molecule has 0 aromatic heterocycles. The Kier molecular flexibility index (Phi) is 2.84. The van der Waals surface area contributed by atoms with Gasteiger partial charge in [0.15, 0.2) is 0 Å². The fourth-order valence-corrected chi connectivity index (χ4v) is 2.09. The van der Waals surface area contributed by atoms with Crippen molar-refractivity contribution in [2.75, 3.05) is 5.32 Å². The van der Waals surface area contributed by atoms with E-state index in [0.717, 1.165) is 18.9 Å². The molecule has 17 heavy (non-hydrogen) atoms. The summed E-state index contributed by atoms with van der Waals surface area (Å²) in [5, 5.41) is 3.04. The number of nitrogens with one attached hydrogen (secondary N) is 1. The van der Waals surface area contributed by atoms with Crippen LogP contribution in [0.2, 0.25) is 0 Å². The number of hydrogen-bond donors (Lipinski definition) is 1. The maximum absolute atomic E-state index is 12.8. The summed E-state index contributed by atoms with van der Waals surface area (Å²) in [7, 11) is 0.